The van der Waals surface area contributed by atoms with Gasteiger partial charge in [-0.25, -0.2) is 0 Å². The van der Waals surface area contributed by atoms with E-state index in [1.54, 1.807) is 24.3 Å². The number of hydrogen-bond donors (Lipinski definition) is 3. The van der Waals surface area contributed by atoms with Crippen molar-refractivity contribution in [1.29, 1.82) is 5.26 Å². The molecule has 0 radical (unpaired) electrons. The van der Waals surface area contributed by atoms with Crippen LogP contribution >= 0.6 is 0 Å². The SMILES string of the molecule is Cc1cc(C)c(O)c(C(Nc2ccc(C#N)cc2)C(=O)NCc2ccccc2)c1. The molecule has 3 aromatic carbocycles. The fourth-order valence-corrected chi connectivity index (χ4v) is 3.19. The first-order valence-electron chi connectivity index (χ1n) is 9.36. The molecule has 0 bridgehead atoms. The largest absolute Gasteiger partial charge is 0.507 e. The number of aryl methyl sites for hydroxylation is 2. The summed E-state index contributed by atoms with van der Waals surface area (Å²) in [6.45, 7) is 4.12. The van der Waals surface area contributed by atoms with Crippen LogP contribution in [-0.4, -0.2) is 11.0 Å². The molecule has 0 fully saturated rings. The zero-order valence-electron chi connectivity index (χ0n) is 16.4. The van der Waals surface area contributed by atoms with Crippen molar-refractivity contribution < 1.29 is 9.90 Å². The maximum Gasteiger partial charge on any atom is 0.247 e. The molecule has 1 unspecified atom stereocenters. The molecule has 5 nitrogen and oxygen atoms in total. The maximum atomic E-state index is 13.1. The second kappa shape index (κ2) is 8.94. The Morgan fingerprint density at radius 3 is 2.41 bits per heavy atom. The maximum absolute atomic E-state index is 13.1. The van der Waals surface area contributed by atoms with Crippen LogP contribution in [0, 0.1) is 25.2 Å². The lowest BCUT2D eigenvalue weighted by atomic mass is 9.98. The third-order valence-electron chi connectivity index (χ3n) is 4.68. The summed E-state index contributed by atoms with van der Waals surface area (Å²) >= 11 is 0. The molecule has 0 aliphatic carbocycles. The predicted molar refractivity (Wildman–Crippen MR) is 113 cm³/mol. The van der Waals surface area contributed by atoms with E-state index in [4.69, 9.17) is 5.26 Å². The van der Waals surface area contributed by atoms with E-state index >= 15 is 0 Å². The van der Waals surface area contributed by atoms with E-state index in [0.717, 1.165) is 11.1 Å². The second-order valence-corrected chi connectivity index (χ2v) is 6.99. The van der Waals surface area contributed by atoms with Gasteiger partial charge in [0.25, 0.3) is 0 Å². The van der Waals surface area contributed by atoms with Gasteiger partial charge in [0.1, 0.15) is 11.8 Å². The minimum atomic E-state index is -0.787. The van der Waals surface area contributed by atoms with Gasteiger partial charge in [-0.3, -0.25) is 4.79 Å². The first kappa shape index (κ1) is 20.0. The van der Waals surface area contributed by atoms with Crippen LogP contribution in [0.1, 0.15) is 33.9 Å². The van der Waals surface area contributed by atoms with Gasteiger partial charge in [0.2, 0.25) is 5.91 Å². The van der Waals surface area contributed by atoms with Crippen molar-refractivity contribution in [2.75, 3.05) is 5.32 Å². The molecule has 29 heavy (non-hydrogen) atoms. The molecule has 1 atom stereocenters. The van der Waals surface area contributed by atoms with Crippen LogP contribution in [0.5, 0.6) is 5.75 Å². The Morgan fingerprint density at radius 2 is 1.76 bits per heavy atom. The molecule has 0 saturated heterocycles. The zero-order chi connectivity index (χ0) is 20.8. The average molecular weight is 385 g/mol. The second-order valence-electron chi connectivity index (χ2n) is 6.99. The number of amides is 1. The number of nitrogens with one attached hydrogen (secondary N) is 2. The number of nitrogens with zero attached hydrogens (tertiary/aromatic N) is 1. The summed E-state index contributed by atoms with van der Waals surface area (Å²) in [5.74, 6) is -0.157. The molecule has 0 aliphatic heterocycles. The molecular weight excluding hydrogens is 362 g/mol. The van der Waals surface area contributed by atoms with Gasteiger partial charge in [-0.2, -0.15) is 5.26 Å². The molecule has 3 rings (SSSR count). The summed E-state index contributed by atoms with van der Waals surface area (Å²) in [4.78, 5) is 13.1. The Morgan fingerprint density at radius 1 is 1.07 bits per heavy atom. The highest BCUT2D eigenvalue weighted by atomic mass is 16.3. The minimum Gasteiger partial charge on any atom is -0.507 e. The monoisotopic (exact) mass is 385 g/mol. The number of benzene rings is 3. The number of phenolic OH excluding ortho intramolecular Hbond substituents is 1. The molecule has 0 aliphatic rings. The van der Waals surface area contributed by atoms with Gasteiger partial charge in [-0.15, -0.1) is 0 Å². The van der Waals surface area contributed by atoms with Crippen LogP contribution < -0.4 is 10.6 Å². The molecule has 1 amide bonds. The fourth-order valence-electron chi connectivity index (χ4n) is 3.19. The Hall–Kier alpha value is -3.78. The van der Waals surface area contributed by atoms with Gasteiger partial charge in [0, 0.05) is 17.8 Å². The number of hydrogen-bond acceptors (Lipinski definition) is 4. The van der Waals surface area contributed by atoms with Crippen molar-refractivity contribution in [3.05, 3.63) is 94.5 Å². The molecule has 0 spiro atoms. The lowest BCUT2D eigenvalue weighted by Crippen LogP contribution is -2.33. The molecule has 146 valence electrons. The van der Waals surface area contributed by atoms with Gasteiger partial charge in [0.15, 0.2) is 0 Å². The molecule has 0 saturated carbocycles. The van der Waals surface area contributed by atoms with Crippen LogP contribution in [-0.2, 0) is 11.3 Å². The summed E-state index contributed by atoms with van der Waals surface area (Å²) in [6.07, 6.45) is 0. The van der Waals surface area contributed by atoms with Crippen molar-refractivity contribution >= 4 is 11.6 Å². The standard InChI is InChI=1S/C24H23N3O2/c1-16-12-17(2)23(28)21(13-16)22(27-20-10-8-18(14-25)9-11-20)24(29)26-15-19-6-4-3-5-7-19/h3-13,22,27-28H,15H2,1-2H3,(H,26,29). The third kappa shape index (κ3) is 4.94. The first-order valence-corrected chi connectivity index (χ1v) is 9.36. The first-order chi connectivity index (χ1) is 14.0. The molecule has 0 heterocycles. The van der Waals surface area contributed by atoms with E-state index < -0.39 is 6.04 Å². The highest BCUT2D eigenvalue weighted by Crippen LogP contribution is 2.31. The number of carbonyl (C=O) groups is 1. The molecule has 0 aromatic heterocycles. The summed E-state index contributed by atoms with van der Waals surface area (Å²) in [6, 6.07) is 21.5. The van der Waals surface area contributed by atoms with Crippen molar-refractivity contribution in [2.45, 2.75) is 26.4 Å². The predicted octanol–water partition coefficient (Wildman–Crippen LogP) is 4.35. The van der Waals surface area contributed by atoms with Crippen molar-refractivity contribution in [2.24, 2.45) is 0 Å². The minimum absolute atomic E-state index is 0.0941. The number of rotatable bonds is 6. The fraction of sp³-hybridized carbons (Fsp3) is 0.167. The number of anilines is 1. The zero-order valence-corrected chi connectivity index (χ0v) is 16.4. The topological polar surface area (TPSA) is 85.2 Å². The smallest absolute Gasteiger partial charge is 0.247 e. The highest BCUT2D eigenvalue weighted by Gasteiger charge is 2.24. The average Bonchev–Trinajstić information content (AvgIpc) is 2.74. The number of aromatic hydroxyl groups is 1. The van der Waals surface area contributed by atoms with Crippen LogP contribution in [0.3, 0.4) is 0 Å². The van der Waals surface area contributed by atoms with E-state index in [0.29, 0.717) is 28.9 Å². The number of nitriles is 1. The van der Waals surface area contributed by atoms with Gasteiger partial charge >= 0.3 is 0 Å². The number of carbonyl (C=O) groups excluding carboxylic acids is 1. The lowest BCUT2D eigenvalue weighted by Gasteiger charge is -2.22. The van der Waals surface area contributed by atoms with Gasteiger partial charge in [-0.05, 0) is 55.3 Å². The molecule has 5 heteroatoms. The summed E-state index contributed by atoms with van der Waals surface area (Å²) < 4.78 is 0. The van der Waals surface area contributed by atoms with E-state index in [-0.39, 0.29) is 11.7 Å². The van der Waals surface area contributed by atoms with Crippen molar-refractivity contribution in [3.63, 3.8) is 0 Å². The quantitative estimate of drug-likeness (QED) is 0.589. The van der Waals surface area contributed by atoms with E-state index in [2.05, 4.69) is 16.7 Å². The molecular formula is C24H23N3O2. The summed E-state index contributed by atoms with van der Waals surface area (Å²) in [5.41, 5.74) is 4.39. The Labute approximate surface area is 170 Å². The van der Waals surface area contributed by atoms with E-state index in [1.165, 1.54) is 0 Å². The Bertz CT molecular complexity index is 1040. The molecule has 3 aromatic rings. The van der Waals surface area contributed by atoms with Gasteiger partial charge in [-0.1, -0.05) is 42.0 Å². The van der Waals surface area contributed by atoms with Crippen LogP contribution in [0.15, 0.2) is 66.7 Å². The lowest BCUT2D eigenvalue weighted by molar-refractivity contribution is -0.122. The summed E-state index contributed by atoms with van der Waals surface area (Å²) in [7, 11) is 0. The number of phenols is 1. The van der Waals surface area contributed by atoms with Crippen molar-refractivity contribution in [3.8, 4) is 11.8 Å². The summed E-state index contributed by atoms with van der Waals surface area (Å²) in [5, 5.41) is 25.7. The van der Waals surface area contributed by atoms with Gasteiger partial charge in [0.05, 0.1) is 11.6 Å². The third-order valence-corrected chi connectivity index (χ3v) is 4.68. The molecule has 3 N–H and O–H groups in total. The Balaban J connectivity index is 1.90. The van der Waals surface area contributed by atoms with Crippen molar-refractivity contribution in [1.82, 2.24) is 5.32 Å². The van der Waals surface area contributed by atoms with Crippen LogP contribution in [0.4, 0.5) is 5.69 Å². The van der Waals surface area contributed by atoms with Gasteiger partial charge < -0.3 is 15.7 Å². The normalized spacial score (nSPS) is 11.3. The van der Waals surface area contributed by atoms with Crippen LogP contribution in [0.25, 0.3) is 0 Å². The van der Waals surface area contributed by atoms with E-state index in [9.17, 15) is 9.90 Å². The highest BCUT2D eigenvalue weighted by molar-refractivity contribution is 5.87. The van der Waals surface area contributed by atoms with E-state index in [1.807, 2.05) is 56.3 Å². The van der Waals surface area contributed by atoms with Crippen LogP contribution in [0.2, 0.25) is 0 Å². The Kier molecular flexibility index (Phi) is 6.16.